The van der Waals surface area contributed by atoms with Gasteiger partial charge in [-0.2, -0.15) is 4.31 Å². The molecule has 1 aromatic heterocycles. The molecule has 0 amide bonds. The third-order valence-corrected chi connectivity index (χ3v) is 8.58. The van der Waals surface area contributed by atoms with Crippen molar-refractivity contribution >= 4 is 51.3 Å². The minimum absolute atomic E-state index is 0.00730. The summed E-state index contributed by atoms with van der Waals surface area (Å²) in [4.78, 5) is 25.3. The van der Waals surface area contributed by atoms with Gasteiger partial charge >= 0.3 is 11.9 Å². The Labute approximate surface area is 225 Å². The Morgan fingerprint density at radius 3 is 2.30 bits per heavy atom. The van der Waals surface area contributed by atoms with Crippen LogP contribution in [-0.4, -0.2) is 57.3 Å². The molecule has 0 aliphatic carbocycles. The van der Waals surface area contributed by atoms with E-state index in [0.717, 1.165) is 15.4 Å². The lowest BCUT2D eigenvalue weighted by Gasteiger charge is -2.23. The molecule has 0 aliphatic heterocycles. The first kappa shape index (κ1) is 28.6. The van der Waals surface area contributed by atoms with Gasteiger partial charge in [-0.15, -0.1) is 0 Å². The van der Waals surface area contributed by atoms with Crippen molar-refractivity contribution in [3.8, 4) is 0 Å². The highest BCUT2D eigenvalue weighted by Gasteiger charge is 2.32. The van der Waals surface area contributed by atoms with Crippen LogP contribution < -0.4 is 5.59 Å². The number of benzene rings is 2. The number of nitrogens with zero attached hydrogens (tertiary/aromatic N) is 2. The normalized spacial score (nSPS) is 11.5. The molecule has 0 spiro atoms. The van der Waals surface area contributed by atoms with E-state index in [1.807, 2.05) is 6.92 Å². The smallest absolute Gasteiger partial charge is 0.341 e. The third kappa shape index (κ3) is 6.49. The van der Waals surface area contributed by atoms with Crippen molar-refractivity contribution < 1.29 is 31.9 Å². The van der Waals surface area contributed by atoms with Gasteiger partial charge in [-0.25, -0.2) is 17.6 Å². The molecular weight excluding hydrogens is 566 g/mol. The fraction of sp³-hybridized carbons (Fsp3) is 0.280. The fourth-order valence-electron chi connectivity index (χ4n) is 3.79. The number of carbonyl (C=O) groups is 2. The Balaban J connectivity index is 2.17. The fourth-order valence-corrected chi connectivity index (χ4v) is 5.74. The number of aryl methyl sites for hydroxylation is 1. The molecule has 3 rings (SSSR count). The quantitative estimate of drug-likeness (QED) is 0.265. The summed E-state index contributed by atoms with van der Waals surface area (Å²) in [5.74, 6) is -1.80. The molecule has 0 saturated heterocycles. The Hall–Kier alpha value is -2.96. The van der Waals surface area contributed by atoms with E-state index < -0.39 is 34.3 Å². The molecule has 37 heavy (non-hydrogen) atoms. The van der Waals surface area contributed by atoms with Crippen molar-refractivity contribution in [1.29, 1.82) is 0 Å². The second-order valence-corrected chi connectivity index (χ2v) is 11.0. The van der Waals surface area contributed by atoms with Crippen molar-refractivity contribution in [2.75, 3.05) is 20.3 Å². The molecule has 8 nitrogen and oxygen atoms in total. The number of esters is 2. The van der Waals surface area contributed by atoms with E-state index in [1.54, 1.807) is 43.6 Å². The summed E-state index contributed by atoms with van der Waals surface area (Å²) in [6, 6.07) is 12.1. The molecule has 0 radical (unpaired) electrons. The topological polar surface area (TPSA) is 94.9 Å². The molecule has 0 saturated carbocycles. The van der Waals surface area contributed by atoms with Crippen LogP contribution in [0.1, 0.15) is 34.1 Å². The molecule has 196 valence electrons. The van der Waals surface area contributed by atoms with E-state index in [-0.39, 0.29) is 30.2 Å². The highest BCUT2D eigenvalue weighted by molar-refractivity contribution is 9.10. The Morgan fingerprint density at radius 1 is 1.11 bits per heavy atom. The van der Waals surface area contributed by atoms with Crippen LogP contribution in [0.5, 0.6) is 0 Å². The molecule has 0 aliphatic rings. The lowest BCUT2D eigenvalue weighted by Crippen LogP contribution is -2.37. The second-order valence-electron chi connectivity index (χ2n) is 8.32. The summed E-state index contributed by atoms with van der Waals surface area (Å²) in [7, 11) is -1.24. The number of sulfonamides is 1. The van der Waals surface area contributed by atoms with Gasteiger partial charge in [-0.1, -0.05) is 29.8 Å². The maximum Gasteiger partial charge on any atom is 0.341 e. The Morgan fingerprint density at radius 2 is 1.73 bits per heavy atom. The van der Waals surface area contributed by atoms with Gasteiger partial charge in [0.15, 0.2) is 7.85 Å². The van der Waals surface area contributed by atoms with E-state index in [2.05, 4.69) is 15.9 Å². The van der Waals surface area contributed by atoms with Crippen LogP contribution in [0.4, 0.5) is 4.39 Å². The van der Waals surface area contributed by atoms with Crippen LogP contribution >= 0.6 is 15.9 Å². The predicted octanol–water partition coefficient (Wildman–Crippen LogP) is 2.55. The van der Waals surface area contributed by atoms with Gasteiger partial charge in [0.2, 0.25) is 10.0 Å². The first-order chi connectivity index (χ1) is 17.5. The van der Waals surface area contributed by atoms with Crippen molar-refractivity contribution in [2.45, 2.75) is 31.8 Å². The van der Waals surface area contributed by atoms with Crippen LogP contribution in [0, 0.1) is 12.7 Å². The van der Waals surface area contributed by atoms with Gasteiger partial charge in [0.1, 0.15) is 12.4 Å². The van der Waals surface area contributed by atoms with E-state index in [9.17, 15) is 22.4 Å². The largest absolute Gasteiger partial charge is 0.468 e. The van der Waals surface area contributed by atoms with E-state index in [1.165, 1.54) is 31.4 Å². The number of rotatable bonds is 10. The highest BCUT2D eigenvalue weighted by atomic mass is 79.9. The molecule has 12 heteroatoms. The molecule has 3 aromatic rings. The van der Waals surface area contributed by atoms with E-state index in [4.69, 9.17) is 9.47 Å². The van der Waals surface area contributed by atoms with E-state index >= 15 is 0 Å². The number of hydrogen-bond donors (Lipinski definition) is 0. The number of methoxy groups -OCH3 is 1. The van der Waals surface area contributed by atoms with Gasteiger partial charge < -0.3 is 14.0 Å². The number of carbonyl (C=O) groups excluding carboxylic acids is 2. The van der Waals surface area contributed by atoms with Crippen molar-refractivity contribution in [2.24, 2.45) is 0 Å². The van der Waals surface area contributed by atoms with Gasteiger partial charge in [-0.3, -0.25) is 4.79 Å². The molecule has 2 aromatic carbocycles. The molecule has 0 fully saturated rings. The van der Waals surface area contributed by atoms with Gasteiger partial charge in [-0.05, 0) is 65.2 Å². The number of aromatic nitrogens is 1. The summed E-state index contributed by atoms with van der Waals surface area (Å²) >= 11 is 3.46. The Bertz CT molecular complexity index is 1390. The Kier molecular flexibility index (Phi) is 9.33. The van der Waals surface area contributed by atoms with Crippen molar-refractivity contribution in [3.63, 3.8) is 0 Å². The van der Waals surface area contributed by atoms with Crippen LogP contribution in [0.15, 0.2) is 57.9 Å². The molecule has 1 heterocycles. The van der Waals surface area contributed by atoms with Gasteiger partial charge in [0.05, 0.1) is 30.7 Å². The average molecular weight is 593 g/mol. The maximum atomic E-state index is 13.6. The first-order valence-electron chi connectivity index (χ1n) is 11.4. The highest BCUT2D eigenvalue weighted by Crippen LogP contribution is 2.27. The van der Waals surface area contributed by atoms with Gasteiger partial charge in [0.25, 0.3) is 0 Å². The molecular formula is C25H27BBrFN2O6S. The zero-order chi connectivity index (χ0) is 27.3. The van der Waals surface area contributed by atoms with Crippen LogP contribution in [-0.2, 0) is 37.4 Å². The SMILES string of the molecule is Bc1c(Br)c(C(=O)OCC)c(CN(CC(=O)OC)S(=O)(=O)c2ccc(C)cc2)n1Cc1ccc(F)cc1. The zero-order valence-electron chi connectivity index (χ0n) is 21.0. The minimum atomic E-state index is -4.17. The number of ether oxygens (including phenoxy) is 2. The monoisotopic (exact) mass is 592 g/mol. The summed E-state index contributed by atoms with van der Waals surface area (Å²) in [6.07, 6.45) is 0. The van der Waals surface area contributed by atoms with Crippen molar-refractivity contribution in [3.05, 3.63) is 81.2 Å². The average Bonchev–Trinajstić information content (AvgIpc) is 3.09. The lowest BCUT2D eigenvalue weighted by molar-refractivity contribution is -0.140. The maximum absolute atomic E-state index is 13.6. The van der Waals surface area contributed by atoms with Crippen LogP contribution in [0.25, 0.3) is 0 Å². The van der Waals surface area contributed by atoms with Crippen LogP contribution in [0.3, 0.4) is 0 Å². The summed E-state index contributed by atoms with van der Waals surface area (Å²) < 4.78 is 54.0. The number of halogens is 2. The number of hydrogen-bond acceptors (Lipinski definition) is 6. The molecule has 0 N–H and O–H groups in total. The van der Waals surface area contributed by atoms with E-state index in [0.29, 0.717) is 15.8 Å². The molecule has 0 atom stereocenters. The summed E-state index contributed by atoms with van der Waals surface area (Å²) in [6.45, 7) is 2.92. The predicted molar refractivity (Wildman–Crippen MR) is 143 cm³/mol. The minimum Gasteiger partial charge on any atom is -0.468 e. The first-order valence-corrected chi connectivity index (χ1v) is 13.7. The summed E-state index contributed by atoms with van der Waals surface area (Å²) in [5, 5.41) is 0. The summed E-state index contributed by atoms with van der Waals surface area (Å²) in [5.41, 5.74) is 2.69. The van der Waals surface area contributed by atoms with Gasteiger partial charge in [0, 0.05) is 16.7 Å². The second kappa shape index (κ2) is 12.1. The molecule has 0 unspecified atom stereocenters. The zero-order valence-corrected chi connectivity index (χ0v) is 23.4. The molecule has 0 bridgehead atoms. The van der Waals surface area contributed by atoms with Crippen LogP contribution in [0.2, 0.25) is 0 Å². The lowest BCUT2D eigenvalue weighted by atomic mass is 10.0. The standard InChI is InChI=1S/C25H27BBrFN2O6S/c1-4-36-25(32)22-20(30(24(26)23(22)27)13-17-7-9-18(28)10-8-17)14-29(15-21(31)35-3)37(33,34)19-11-5-16(2)6-12-19/h5-12H,4,13-15,26H2,1-3H3. The van der Waals surface area contributed by atoms with Crippen molar-refractivity contribution in [1.82, 2.24) is 8.87 Å². The third-order valence-electron chi connectivity index (χ3n) is 5.81.